The molecule has 3 aliphatic rings. The first-order valence-corrected chi connectivity index (χ1v) is 14.5. The van der Waals surface area contributed by atoms with Crippen LogP contribution in [-0.4, -0.2) is 79.4 Å². The highest BCUT2D eigenvalue weighted by molar-refractivity contribution is 9.09. The number of carbonyl (C=O) groups excluding carboxylic acids is 3. The number of ether oxygens (including phenoxy) is 1. The van der Waals surface area contributed by atoms with Crippen LogP contribution in [0.5, 0.6) is 0 Å². The number of nitrogens with zero attached hydrogens (tertiary/aromatic N) is 2. The van der Waals surface area contributed by atoms with Gasteiger partial charge in [0.1, 0.15) is 6.04 Å². The normalized spacial score (nSPS) is 30.8. The molecule has 4 rings (SSSR count). The largest absolute Gasteiger partial charge is 0.465 e. The molecule has 1 spiro atoms. The molecule has 0 aromatic heterocycles. The van der Waals surface area contributed by atoms with Gasteiger partial charge < -0.3 is 19.6 Å². The quantitative estimate of drug-likeness (QED) is 0.183. The predicted octanol–water partition coefficient (Wildman–Crippen LogP) is 3.73. The van der Waals surface area contributed by atoms with Crippen molar-refractivity contribution >= 4 is 45.5 Å². The van der Waals surface area contributed by atoms with E-state index in [1.165, 1.54) is 0 Å². The van der Waals surface area contributed by atoms with Crippen molar-refractivity contribution in [2.75, 3.05) is 19.8 Å². The van der Waals surface area contributed by atoms with Gasteiger partial charge in [-0.1, -0.05) is 58.4 Å². The van der Waals surface area contributed by atoms with Crippen LogP contribution in [0.3, 0.4) is 0 Å². The van der Waals surface area contributed by atoms with Gasteiger partial charge in [-0.15, -0.1) is 24.9 Å². The number of rotatable bonds is 11. The Morgan fingerprint density at radius 2 is 2.00 bits per heavy atom. The smallest absolute Gasteiger partial charge is 0.310 e. The van der Waals surface area contributed by atoms with Crippen LogP contribution < -0.4 is 0 Å². The summed E-state index contributed by atoms with van der Waals surface area (Å²) in [4.78, 5) is 45.3. The molecule has 3 saturated heterocycles. The number of amides is 2. The van der Waals surface area contributed by atoms with Gasteiger partial charge in [-0.05, 0) is 32.3 Å². The van der Waals surface area contributed by atoms with Crippen LogP contribution in [0.1, 0.15) is 38.3 Å². The highest BCUT2D eigenvalue weighted by atomic mass is 79.9. The Kier molecular flexibility index (Phi) is 8.55. The predicted molar refractivity (Wildman–Crippen MR) is 148 cm³/mol. The molecule has 2 amide bonds. The zero-order chi connectivity index (χ0) is 26.9. The minimum Gasteiger partial charge on any atom is -0.465 e. The SMILES string of the molecule is C=CCCOC(=O)[C@H]1[C@H]2C(=O)N([C@H](CO)c3ccccc3)C(C(=O)N(CC=C)C(C)C)C23CC(Br)[C@@H]1S3. The molecule has 0 aliphatic carbocycles. The van der Waals surface area contributed by atoms with Crippen molar-refractivity contribution in [3.63, 3.8) is 0 Å². The van der Waals surface area contributed by atoms with Crippen LogP contribution in [0.2, 0.25) is 0 Å². The van der Waals surface area contributed by atoms with E-state index in [0.29, 0.717) is 19.4 Å². The van der Waals surface area contributed by atoms with Crippen LogP contribution in [0.25, 0.3) is 0 Å². The molecule has 2 bridgehead atoms. The molecule has 3 aliphatic heterocycles. The lowest BCUT2D eigenvalue weighted by Crippen LogP contribution is -2.57. The van der Waals surface area contributed by atoms with Gasteiger partial charge in [0.15, 0.2) is 0 Å². The summed E-state index contributed by atoms with van der Waals surface area (Å²) in [6.45, 7) is 11.6. The average molecular weight is 592 g/mol. The zero-order valence-electron chi connectivity index (χ0n) is 21.3. The minimum absolute atomic E-state index is 0.0510. The maximum absolute atomic E-state index is 14.4. The number of likely N-dealkylation sites (tertiary alicyclic amines) is 1. The van der Waals surface area contributed by atoms with Gasteiger partial charge in [0.05, 0.1) is 35.8 Å². The van der Waals surface area contributed by atoms with Crippen molar-refractivity contribution in [2.24, 2.45) is 11.8 Å². The third kappa shape index (κ3) is 4.68. The number of benzene rings is 1. The van der Waals surface area contributed by atoms with E-state index in [9.17, 15) is 19.5 Å². The number of aliphatic hydroxyl groups is 1. The summed E-state index contributed by atoms with van der Waals surface area (Å²) < 4.78 is 4.76. The van der Waals surface area contributed by atoms with E-state index in [1.54, 1.807) is 33.7 Å². The second-order valence-electron chi connectivity index (χ2n) is 10.1. The third-order valence-electron chi connectivity index (χ3n) is 7.72. The number of fused-ring (bicyclic) bond motifs is 1. The highest BCUT2D eigenvalue weighted by Crippen LogP contribution is 2.68. The van der Waals surface area contributed by atoms with Gasteiger partial charge in [0.2, 0.25) is 11.8 Å². The van der Waals surface area contributed by atoms with E-state index in [4.69, 9.17) is 4.74 Å². The molecule has 0 saturated carbocycles. The second-order valence-corrected chi connectivity index (χ2v) is 12.9. The van der Waals surface area contributed by atoms with Crippen LogP contribution in [0, 0.1) is 11.8 Å². The molecule has 200 valence electrons. The van der Waals surface area contributed by atoms with Crippen LogP contribution in [0.15, 0.2) is 55.6 Å². The standard InChI is InChI=1S/C28H35BrN2O5S/c1-5-7-14-36-27(35)21-22-25(33)31(20(16-32)18-11-9-8-10-12-18)24(26(34)30(13-6-2)17(3)4)28(22)15-19(29)23(21)37-28/h5-6,8-12,17,19-24,32H,1-2,7,13-16H2,3-4H3/t19?,20-,21+,22+,23+,24?,28?/m1/s1. The van der Waals surface area contributed by atoms with Crippen molar-refractivity contribution in [1.82, 2.24) is 9.80 Å². The minimum atomic E-state index is -0.842. The first kappa shape index (κ1) is 27.9. The molecular weight excluding hydrogens is 556 g/mol. The molecular formula is C28H35BrN2O5S. The molecule has 3 unspecified atom stereocenters. The molecule has 1 N–H and O–H groups in total. The number of esters is 1. The molecule has 3 heterocycles. The Balaban J connectivity index is 1.83. The number of hydrogen-bond acceptors (Lipinski definition) is 6. The van der Waals surface area contributed by atoms with Crippen molar-refractivity contribution < 1.29 is 24.2 Å². The Morgan fingerprint density at radius 3 is 2.59 bits per heavy atom. The van der Waals surface area contributed by atoms with E-state index in [2.05, 4.69) is 29.1 Å². The Labute approximate surface area is 231 Å². The summed E-state index contributed by atoms with van der Waals surface area (Å²) in [6.07, 6.45) is 4.45. The van der Waals surface area contributed by atoms with Crippen LogP contribution in [-0.2, 0) is 19.1 Å². The second kappa shape index (κ2) is 11.3. The van der Waals surface area contributed by atoms with Crippen molar-refractivity contribution in [2.45, 2.75) is 59.6 Å². The molecule has 1 aromatic carbocycles. The molecule has 7 nitrogen and oxygen atoms in total. The molecule has 3 fully saturated rings. The van der Waals surface area contributed by atoms with Gasteiger partial charge in [-0.3, -0.25) is 14.4 Å². The number of alkyl halides is 1. The lowest BCUT2D eigenvalue weighted by molar-refractivity contribution is -0.154. The van der Waals surface area contributed by atoms with Crippen molar-refractivity contribution in [1.29, 1.82) is 0 Å². The van der Waals surface area contributed by atoms with Crippen molar-refractivity contribution in [3.05, 3.63) is 61.2 Å². The third-order valence-corrected chi connectivity index (χ3v) is 10.9. The molecule has 0 radical (unpaired) electrons. The molecule has 9 heteroatoms. The molecule has 1 aromatic rings. The fourth-order valence-corrected chi connectivity index (χ4v) is 9.75. The Bertz CT molecular complexity index is 1050. The lowest BCUT2D eigenvalue weighted by atomic mass is 9.71. The van der Waals surface area contributed by atoms with Gasteiger partial charge >= 0.3 is 5.97 Å². The summed E-state index contributed by atoms with van der Waals surface area (Å²) in [5.74, 6) is -2.26. The number of aliphatic hydroxyl groups excluding tert-OH is 1. The number of hydrogen-bond donors (Lipinski definition) is 1. The van der Waals surface area contributed by atoms with Gasteiger partial charge in [-0.25, -0.2) is 0 Å². The molecule has 37 heavy (non-hydrogen) atoms. The Morgan fingerprint density at radius 1 is 1.30 bits per heavy atom. The fourth-order valence-electron chi connectivity index (χ4n) is 6.17. The number of thioether (sulfide) groups is 1. The number of halogens is 1. The van der Waals surface area contributed by atoms with E-state index < -0.39 is 34.6 Å². The van der Waals surface area contributed by atoms with Gasteiger partial charge in [0.25, 0.3) is 0 Å². The summed E-state index contributed by atoms with van der Waals surface area (Å²) in [6, 6.07) is 7.59. The Hall–Kier alpha value is -2.10. The summed E-state index contributed by atoms with van der Waals surface area (Å²) in [5, 5.41) is 10.4. The van der Waals surface area contributed by atoms with Crippen molar-refractivity contribution in [3.8, 4) is 0 Å². The van der Waals surface area contributed by atoms with E-state index in [0.717, 1.165) is 5.56 Å². The first-order chi connectivity index (χ1) is 17.7. The summed E-state index contributed by atoms with van der Waals surface area (Å²) in [7, 11) is 0. The highest BCUT2D eigenvalue weighted by Gasteiger charge is 2.76. The van der Waals surface area contributed by atoms with E-state index >= 15 is 0 Å². The number of carbonyl (C=O) groups is 3. The maximum Gasteiger partial charge on any atom is 0.310 e. The lowest BCUT2D eigenvalue weighted by Gasteiger charge is -2.41. The summed E-state index contributed by atoms with van der Waals surface area (Å²) in [5.41, 5.74) is 0.743. The van der Waals surface area contributed by atoms with Gasteiger partial charge in [-0.2, -0.15) is 0 Å². The summed E-state index contributed by atoms with van der Waals surface area (Å²) >= 11 is 5.33. The topological polar surface area (TPSA) is 87.1 Å². The molecule has 7 atom stereocenters. The zero-order valence-corrected chi connectivity index (χ0v) is 23.7. The van der Waals surface area contributed by atoms with E-state index in [-0.39, 0.29) is 41.1 Å². The van der Waals surface area contributed by atoms with Crippen LogP contribution in [0.4, 0.5) is 0 Å². The monoisotopic (exact) mass is 590 g/mol. The first-order valence-electron chi connectivity index (χ1n) is 12.7. The average Bonchev–Trinajstić information content (AvgIpc) is 3.47. The van der Waals surface area contributed by atoms with E-state index in [1.807, 2.05) is 44.2 Å². The van der Waals surface area contributed by atoms with Crippen LogP contribution >= 0.6 is 27.7 Å². The van der Waals surface area contributed by atoms with Gasteiger partial charge in [0, 0.05) is 22.7 Å². The fraction of sp³-hybridized carbons (Fsp3) is 0.536. The maximum atomic E-state index is 14.4.